The molecule has 0 saturated carbocycles. The highest BCUT2D eigenvalue weighted by atomic mass is 19.1. The first kappa shape index (κ1) is 17.7. The van der Waals surface area contributed by atoms with Crippen molar-refractivity contribution in [2.45, 2.75) is 51.0 Å². The lowest BCUT2D eigenvalue weighted by atomic mass is 9.84. The summed E-state index contributed by atoms with van der Waals surface area (Å²) in [7, 11) is 0. The van der Waals surface area contributed by atoms with Gasteiger partial charge in [-0.1, -0.05) is 26.0 Å². The standard InChI is InChI=1S/C18H27FN2O2/c1-18(2,14-6-5-7-15(19)12-14)13-20-17(23)21-10-4-3-8-16(21)9-11-22/h5-7,12,16,22H,3-4,8-11,13H2,1-2H3,(H,20,23). The van der Waals surface area contributed by atoms with Crippen molar-refractivity contribution in [1.29, 1.82) is 0 Å². The van der Waals surface area contributed by atoms with E-state index in [-0.39, 0.29) is 29.9 Å². The Hall–Kier alpha value is -1.62. The van der Waals surface area contributed by atoms with Gasteiger partial charge in [0.15, 0.2) is 0 Å². The first-order valence-corrected chi connectivity index (χ1v) is 8.35. The largest absolute Gasteiger partial charge is 0.396 e. The van der Waals surface area contributed by atoms with Gasteiger partial charge in [-0.3, -0.25) is 0 Å². The molecule has 4 nitrogen and oxygen atoms in total. The van der Waals surface area contributed by atoms with E-state index in [1.807, 2.05) is 24.8 Å². The van der Waals surface area contributed by atoms with Gasteiger partial charge < -0.3 is 15.3 Å². The van der Waals surface area contributed by atoms with Crippen LogP contribution in [0.4, 0.5) is 9.18 Å². The second kappa shape index (κ2) is 7.77. The molecule has 1 aromatic carbocycles. The number of rotatable bonds is 5. The zero-order chi connectivity index (χ0) is 16.9. The molecule has 1 saturated heterocycles. The molecule has 5 heteroatoms. The van der Waals surface area contributed by atoms with Crippen molar-refractivity contribution in [1.82, 2.24) is 10.2 Å². The highest BCUT2D eigenvalue weighted by Crippen LogP contribution is 2.24. The Balaban J connectivity index is 1.97. The van der Waals surface area contributed by atoms with Crippen LogP contribution in [0.5, 0.6) is 0 Å². The smallest absolute Gasteiger partial charge is 0.317 e. The van der Waals surface area contributed by atoms with Crippen LogP contribution in [0.3, 0.4) is 0 Å². The molecule has 0 aliphatic carbocycles. The Morgan fingerprint density at radius 1 is 1.43 bits per heavy atom. The summed E-state index contributed by atoms with van der Waals surface area (Å²) in [5.74, 6) is -0.263. The number of likely N-dealkylation sites (tertiary alicyclic amines) is 1. The fourth-order valence-corrected chi connectivity index (χ4v) is 3.13. The number of nitrogens with zero attached hydrogens (tertiary/aromatic N) is 1. The molecule has 1 aromatic rings. The quantitative estimate of drug-likeness (QED) is 0.875. The molecule has 2 amide bonds. The number of amides is 2. The molecule has 0 bridgehead atoms. The molecule has 0 aromatic heterocycles. The number of carbonyl (C=O) groups is 1. The molecule has 1 atom stereocenters. The van der Waals surface area contributed by atoms with E-state index in [0.717, 1.165) is 31.4 Å². The summed E-state index contributed by atoms with van der Waals surface area (Å²) in [6.45, 7) is 5.25. The van der Waals surface area contributed by atoms with Gasteiger partial charge >= 0.3 is 6.03 Å². The molecule has 1 aliphatic rings. The van der Waals surface area contributed by atoms with E-state index in [1.54, 1.807) is 6.07 Å². The lowest BCUT2D eigenvalue weighted by Gasteiger charge is -2.36. The second-order valence-corrected chi connectivity index (χ2v) is 6.91. The lowest BCUT2D eigenvalue weighted by Crippen LogP contribution is -2.51. The van der Waals surface area contributed by atoms with Crippen LogP contribution >= 0.6 is 0 Å². The van der Waals surface area contributed by atoms with E-state index < -0.39 is 0 Å². The monoisotopic (exact) mass is 322 g/mol. The van der Waals surface area contributed by atoms with Crippen molar-refractivity contribution in [2.24, 2.45) is 0 Å². The zero-order valence-electron chi connectivity index (χ0n) is 14.0. The van der Waals surface area contributed by atoms with Crippen LogP contribution in [0.15, 0.2) is 24.3 Å². The van der Waals surface area contributed by atoms with Crippen molar-refractivity contribution < 1.29 is 14.3 Å². The maximum absolute atomic E-state index is 13.4. The maximum Gasteiger partial charge on any atom is 0.317 e. The van der Waals surface area contributed by atoms with E-state index in [0.29, 0.717) is 13.0 Å². The third kappa shape index (κ3) is 4.67. The average molecular weight is 322 g/mol. The first-order chi connectivity index (χ1) is 10.9. The molecule has 1 fully saturated rings. The Labute approximate surface area is 137 Å². The van der Waals surface area contributed by atoms with Gasteiger partial charge in [-0.25, -0.2) is 9.18 Å². The minimum Gasteiger partial charge on any atom is -0.396 e. The number of benzene rings is 1. The number of carbonyl (C=O) groups excluding carboxylic acids is 1. The molecule has 2 rings (SSSR count). The Kier molecular flexibility index (Phi) is 5.99. The SMILES string of the molecule is CC(C)(CNC(=O)N1CCCCC1CCO)c1cccc(F)c1. The Bertz CT molecular complexity index is 532. The van der Waals surface area contributed by atoms with E-state index in [9.17, 15) is 9.18 Å². The van der Waals surface area contributed by atoms with Crippen molar-refractivity contribution >= 4 is 6.03 Å². The fraction of sp³-hybridized carbons (Fsp3) is 0.611. The summed E-state index contributed by atoms with van der Waals surface area (Å²) in [6, 6.07) is 6.53. The number of urea groups is 1. The normalized spacial score (nSPS) is 18.8. The number of aliphatic hydroxyl groups is 1. The topological polar surface area (TPSA) is 52.6 Å². The number of hydrogen-bond acceptors (Lipinski definition) is 2. The van der Waals surface area contributed by atoms with Crippen LogP contribution in [-0.2, 0) is 5.41 Å². The molecule has 128 valence electrons. The van der Waals surface area contributed by atoms with Gasteiger partial charge in [-0.05, 0) is 43.4 Å². The summed E-state index contributed by atoms with van der Waals surface area (Å²) >= 11 is 0. The number of halogens is 1. The summed E-state index contributed by atoms with van der Waals surface area (Å²) in [5.41, 5.74) is 0.517. The van der Waals surface area contributed by atoms with Crippen molar-refractivity contribution in [3.8, 4) is 0 Å². The summed E-state index contributed by atoms with van der Waals surface area (Å²) in [5, 5.41) is 12.1. The molecule has 1 heterocycles. The third-order valence-corrected chi connectivity index (χ3v) is 4.64. The molecule has 2 N–H and O–H groups in total. The van der Waals surface area contributed by atoms with E-state index >= 15 is 0 Å². The predicted molar refractivity (Wildman–Crippen MR) is 88.9 cm³/mol. The van der Waals surface area contributed by atoms with E-state index in [1.165, 1.54) is 12.1 Å². The molecule has 0 spiro atoms. The van der Waals surface area contributed by atoms with Crippen LogP contribution in [-0.4, -0.2) is 41.8 Å². The molecule has 23 heavy (non-hydrogen) atoms. The zero-order valence-corrected chi connectivity index (χ0v) is 14.0. The molecule has 1 aliphatic heterocycles. The predicted octanol–water partition coefficient (Wildman–Crippen LogP) is 3.05. The molecular weight excluding hydrogens is 295 g/mol. The summed E-state index contributed by atoms with van der Waals surface area (Å²) in [4.78, 5) is 14.3. The Morgan fingerprint density at radius 3 is 2.91 bits per heavy atom. The number of piperidine rings is 1. The molecular formula is C18H27FN2O2. The fourth-order valence-electron chi connectivity index (χ4n) is 3.13. The summed E-state index contributed by atoms with van der Waals surface area (Å²) < 4.78 is 13.4. The van der Waals surface area contributed by atoms with Gasteiger partial charge in [-0.2, -0.15) is 0 Å². The van der Waals surface area contributed by atoms with Crippen LogP contribution in [0.1, 0.15) is 45.1 Å². The van der Waals surface area contributed by atoms with Crippen molar-refractivity contribution in [2.75, 3.05) is 19.7 Å². The summed E-state index contributed by atoms with van der Waals surface area (Å²) in [6.07, 6.45) is 3.67. The highest BCUT2D eigenvalue weighted by Gasteiger charge is 2.28. The van der Waals surface area contributed by atoms with Gasteiger partial charge in [0, 0.05) is 31.2 Å². The van der Waals surface area contributed by atoms with Gasteiger partial charge in [0.25, 0.3) is 0 Å². The van der Waals surface area contributed by atoms with Gasteiger partial charge in [0.2, 0.25) is 0 Å². The second-order valence-electron chi connectivity index (χ2n) is 6.91. The van der Waals surface area contributed by atoms with Gasteiger partial charge in [-0.15, -0.1) is 0 Å². The van der Waals surface area contributed by atoms with Crippen molar-refractivity contribution in [3.63, 3.8) is 0 Å². The number of hydrogen-bond donors (Lipinski definition) is 2. The lowest BCUT2D eigenvalue weighted by molar-refractivity contribution is 0.130. The molecule has 1 unspecified atom stereocenters. The van der Waals surface area contributed by atoms with Crippen LogP contribution in [0.25, 0.3) is 0 Å². The van der Waals surface area contributed by atoms with Gasteiger partial charge in [0.05, 0.1) is 0 Å². The number of aliphatic hydroxyl groups excluding tert-OH is 1. The number of nitrogens with one attached hydrogen (secondary N) is 1. The van der Waals surface area contributed by atoms with Crippen molar-refractivity contribution in [3.05, 3.63) is 35.6 Å². The average Bonchev–Trinajstić information content (AvgIpc) is 2.53. The third-order valence-electron chi connectivity index (χ3n) is 4.64. The van der Waals surface area contributed by atoms with Crippen LogP contribution < -0.4 is 5.32 Å². The highest BCUT2D eigenvalue weighted by molar-refractivity contribution is 5.74. The maximum atomic E-state index is 13.4. The van der Waals surface area contributed by atoms with Crippen LogP contribution in [0.2, 0.25) is 0 Å². The molecule has 0 radical (unpaired) electrons. The first-order valence-electron chi connectivity index (χ1n) is 8.35. The minimum absolute atomic E-state index is 0.0902. The van der Waals surface area contributed by atoms with Crippen LogP contribution in [0, 0.1) is 5.82 Å². The Morgan fingerprint density at radius 2 is 2.22 bits per heavy atom. The van der Waals surface area contributed by atoms with Gasteiger partial charge in [0.1, 0.15) is 5.82 Å². The van der Waals surface area contributed by atoms with E-state index in [2.05, 4.69) is 5.32 Å². The minimum atomic E-state index is -0.347. The van der Waals surface area contributed by atoms with E-state index in [4.69, 9.17) is 5.11 Å².